The van der Waals surface area contributed by atoms with Crippen LogP contribution in [0.15, 0.2) is 41.8 Å². The number of nitrogens with zero attached hydrogens (tertiary/aromatic N) is 1. The minimum absolute atomic E-state index is 0.00533. The number of hydrogen-bond donors (Lipinski definition) is 0. The number of rotatable bonds is 5. The Bertz CT molecular complexity index is 697. The number of benzene rings is 1. The van der Waals surface area contributed by atoms with E-state index in [2.05, 4.69) is 0 Å². The summed E-state index contributed by atoms with van der Waals surface area (Å²) < 4.78 is 13.0. The molecule has 0 bridgehead atoms. The lowest BCUT2D eigenvalue weighted by atomic mass is 9.90. The number of ketones is 1. The van der Waals surface area contributed by atoms with Crippen molar-refractivity contribution >= 4 is 23.0 Å². The van der Waals surface area contributed by atoms with E-state index in [0.717, 1.165) is 25.8 Å². The Hall–Kier alpha value is -2.01. The third-order valence-electron chi connectivity index (χ3n) is 4.44. The summed E-state index contributed by atoms with van der Waals surface area (Å²) in [6.45, 7) is 1.19. The van der Waals surface area contributed by atoms with Crippen molar-refractivity contribution in [2.75, 3.05) is 13.1 Å². The second-order valence-corrected chi connectivity index (χ2v) is 7.16. The van der Waals surface area contributed by atoms with Gasteiger partial charge in [-0.1, -0.05) is 6.07 Å². The molecule has 0 N–H and O–H groups in total. The first-order valence-electron chi connectivity index (χ1n) is 8.23. The molecule has 0 saturated carbocycles. The van der Waals surface area contributed by atoms with E-state index in [4.69, 9.17) is 0 Å². The number of carbonyl (C=O) groups is 2. The Morgan fingerprint density at radius 1 is 1.21 bits per heavy atom. The van der Waals surface area contributed by atoms with Crippen LogP contribution in [-0.4, -0.2) is 29.7 Å². The maximum Gasteiger partial charge on any atom is 0.222 e. The number of halogens is 1. The van der Waals surface area contributed by atoms with Crippen LogP contribution in [0, 0.1) is 11.7 Å². The molecule has 24 heavy (non-hydrogen) atoms. The van der Waals surface area contributed by atoms with E-state index in [1.54, 1.807) is 11.3 Å². The second kappa shape index (κ2) is 7.71. The largest absolute Gasteiger partial charge is 0.342 e. The van der Waals surface area contributed by atoms with Crippen LogP contribution in [0.5, 0.6) is 0 Å². The predicted molar refractivity (Wildman–Crippen MR) is 92.7 cm³/mol. The van der Waals surface area contributed by atoms with Gasteiger partial charge in [-0.2, -0.15) is 0 Å². The lowest BCUT2D eigenvalue weighted by Crippen LogP contribution is -2.42. The maximum absolute atomic E-state index is 13.0. The molecule has 0 radical (unpaired) electrons. The van der Waals surface area contributed by atoms with E-state index in [-0.39, 0.29) is 23.4 Å². The lowest BCUT2D eigenvalue weighted by molar-refractivity contribution is -0.132. The topological polar surface area (TPSA) is 37.4 Å². The highest BCUT2D eigenvalue weighted by Crippen LogP contribution is 2.22. The summed E-state index contributed by atoms with van der Waals surface area (Å²) in [5.41, 5.74) is 0.522. The number of thiophene rings is 1. The van der Waals surface area contributed by atoms with Gasteiger partial charge in [-0.3, -0.25) is 9.59 Å². The zero-order valence-electron chi connectivity index (χ0n) is 13.4. The molecular weight excluding hydrogens is 325 g/mol. The van der Waals surface area contributed by atoms with Crippen molar-refractivity contribution in [2.45, 2.75) is 25.7 Å². The van der Waals surface area contributed by atoms with Crippen LogP contribution in [-0.2, 0) is 11.2 Å². The zero-order chi connectivity index (χ0) is 16.9. The molecule has 0 spiro atoms. The molecule has 1 amide bonds. The summed E-state index contributed by atoms with van der Waals surface area (Å²) in [6, 6.07) is 9.68. The Morgan fingerprint density at radius 3 is 2.71 bits per heavy atom. The van der Waals surface area contributed by atoms with Crippen molar-refractivity contribution in [2.24, 2.45) is 5.92 Å². The Balaban J connectivity index is 1.58. The van der Waals surface area contributed by atoms with E-state index in [1.807, 2.05) is 22.4 Å². The van der Waals surface area contributed by atoms with Crippen LogP contribution in [0.1, 0.15) is 34.5 Å². The third-order valence-corrected chi connectivity index (χ3v) is 5.38. The monoisotopic (exact) mass is 345 g/mol. The summed E-state index contributed by atoms with van der Waals surface area (Å²) in [5.74, 6) is -0.416. The average molecular weight is 345 g/mol. The molecule has 1 aliphatic heterocycles. The Kier molecular flexibility index (Phi) is 5.41. The number of hydrogen-bond acceptors (Lipinski definition) is 3. The Morgan fingerprint density at radius 2 is 2.00 bits per heavy atom. The lowest BCUT2D eigenvalue weighted by Gasteiger charge is -2.32. The zero-order valence-corrected chi connectivity index (χ0v) is 14.2. The van der Waals surface area contributed by atoms with Crippen molar-refractivity contribution in [1.82, 2.24) is 4.90 Å². The van der Waals surface area contributed by atoms with Crippen LogP contribution in [0.4, 0.5) is 4.39 Å². The number of Topliss-reactive ketones (excluding diaryl/α,β-unsaturated/α-hetero) is 1. The first-order valence-corrected chi connectivity index (χ1v) is 9.11. The molecule has 1 saturated heterocycles. The highest BCUT2D eigenvalue weighted by atomic mass is 32.1. The molecule has 126 valence electrons. The number of amides is 1. The number of aryl methyl sites for hydroxylation is 1. The molecule has 1 aliphatic rings. The van der Waals surface area contributed by atoms with E-state index in [9.17, 15) is 14.0 Å². The summed E-state index contributed by atoms with van der Waals surface area (Å²) in [7, 11) is 0. The quantitative estimate of drug-likeness (QED) is 0.770. The molecular formula is C19H20FNO2S. The van der Waals surface area contributed by atoms with Crippen molar-refractivity contribution in [3.63, 3.8) is 0 Å². The summed E-state index contributed by atoms with van der Waals surface area (Å²) >= 11 is 1.66. The van der Waals surface area contributed by atoms with Gasteiger partial charge in [0.05, 0.1) is 0 Å². The molecule has 3 rings (SSSR count). The minimum Gasteiger partial charge on any atom is -0.342 e. The fraction of sp³-hybridized carbons (Fsp3) is 0.368. The van der Waals surface area contributed by atoms with Gasteiger partial charge in [-0.15, -0.1) is 11.3 Å². The molecule has 1 aromatic carbocycles. The standard InChI is InChI=1S/C19H20FNO2S/c20-16-7-5-14(6-8-16)19(23)15-3-1-11-21(13-15)18(22)10-9-17-4-2-12-24-17/h2,4-8,12,15H,1,3,9-11,13H2. The van der Waals surface area contributed by atoms with Crippen molar-refractivity contribution < 1.29 is 14.0 Å². The molecule has 1 unspecified atom stereocenters. The number of likely N-dealkylation sites (tertiary alicyclic amines) is 1. The molecule has 0 aliphatic carbocycles. The second-order valence-electron chi connectivity index (χ2n) is 6.13. The highest BCUT2D eigenvalue weighted by molar-refractivity contribution is 7.09. The van der Waals surface area contributed by atoms with Crippen LogP contribution in [0.2, 0.25) is 0 Å². The number of piperidine rings is 1. The normalized spacial score (nSPS) is 17.7. The van der Waals surface area contributed by atoms with Crippen molar-refractivity contribution in [1.29, 1.82) is 0 Å². The van der Waals surface area contributed by atoms with Crippen LogP contribution in [0.3, 0.4) is 0 Å². The fourth-order valence-corrected chi connectivity index (χ4v) is 3.82. The van der Waals surface area contributed by atoms with Gasteiger partial charge in [0.25, 0.3) is 0 Å². The molecule has 1 atom stereocenters. The molecule has 5 heteroatoms. The minimum atomic E-state index is -0.347. The van der Waals surface area contributed by atoms with Gasteiger partial charge in [0.2, 0.25) is 5.91 Å². The van der Waals surface area contributed by atoms with Crippen LogP contribution in [0.25, 0.3) is 0 Å². The molecule has 1 fully saturated rings. The van der Waals surface area contributed by atoms with Crippen LogP contribution < -0.4 is 0 Å². The van der Waals surface area contributed by atoms with Crippen LogP contribution >= 0.6 is 11.3 Å². The summed E-state index contributed by atoms with van der Waals surface area (Å²) in [6.07, 6.45) is 2.86. The molecule has 2 aromatic rings. The van der Waals surface area contributed by atoms with Crippen molar-refractivity contribution in [3.8, 4) is 0 Å². The van der Waals surface area contributed by atoms with Gasteiger partial charge in [0.1, 0.15) is 5.82 Å². The SMILES string of the molecule is O=C(c1ccc(F)cc1)C1CCCN(C(=O)CCc2cccs2)C1. The van der Waals surface area contributed by atoms with Gasteiger partial charge in [0, 0.05) is 35.9 Å². The fourth-order valence-electron chi connectivity index (χ4n) is 3.11. The van der Waals surface area contributed by atoms with Gasteiger partial charge in [-0.25, -0.2) is 4.39 Å². The number of carbonyl (C=O) groups excluding carboxylic acids is 2. The summed E-state index contributed by atoms with van der Waals surface area (Å²) in [4.78, 5) is 28.0. The van der Waals surface area contributed by atoms with Gasteiger partial charge < -0.3 is 4.90 Å². The smallest absolute Gasteiger partial charge is 0.222 e. The third kappa shape index (κ3) is 4.09. The molecule has 2 heterocycles. The Labute approximate surface area is 145 Å². The first kappa shape index (κ1) is 16.8. The van der Waals surface area contributed by atoms with Gasteiger partial charge in [-0.05, 0) is 55.0 Å². The van der Waals surface area contributed by atoms with E-state index >= 15 is 0 Å². The first-order chi connectivity index (χ1) is 11.6. The average Bonchev–Trinajstić information content (AvgIpc) is 3.13. The highest BCUT2D eigenvalue weighted by Gasteiger charge is 2.28. The molecule has 3 nitrogen and oxygen atoms in total. The predicted octanol–water partition coefficient (Wildman–Crippen LogP) is 3.94. The van der Waals surface area contributed by atoms with Crippen molar-refractivity contribution in [3.05, 3.63) is 58.0 Å². The summed E-state index contributed by atoms with van der Waals surface area (Å²) in [5, 5.41) is 2.01. The van der Waals surface area contributed by atoms with E-state index in [0.29, 0.717) is 18.5 Å². The van der Waals surface area contributed by atoms with E-state index < -0.39 is 0 Å². The molecule has 1 aromatic heterocycles. The van der Waals surface area contributed by atoms with Gasteiger partial charge in [0.15, 0.2) is 5.78 Å². The van der Waals surface area contributed by atoms with Gasteiger partial charge >= 0.3 is 0 Å². The van der Waals surface area contributed by atoms with E-state index in [1.165, 1.54) is 29.1 Å². The maximum atomic E-state index is 13.0.